The molecule has 0 unspecified atom stereocenters. The third-order valence-corrected chi connectivity index (χ3v) is 2.68. The first-order chi connectivity index (χ1) is 8.70. The molecule has 1 heterocycles. The number of anilines is 2. The molecule has 1 amide bonds. The minimum absolute atomic E-state index is 0.238. The van der Waals surface area contributed by atoms with E-state index in [0.29, 0.717) is 5.56 Å². The van der Waals surface area contributed by atoms with Crippen molar-refractivity contribution in [2.24, 2.45) is 0 Å². The molecule has 0 spiro atoms. The Morgan fingerprint density at radius 3 is 2.89 bits per heavy atom. The van der Waals surface area contributed by atoms with E-state index in [2.05, 4.69) is 17.2 Å². The Kier molecular flexibility index (Phi) is 3.57. The summed E-state index contributed by atoms with van der Waals surface area (Å²) >= 11 is 0. The van der Waals surface area contributed by atoms with Crippen LogP contribution in [0, 0.1) is 0 Å². The van der Waals surface area contributed by atoms with Gasteiger partial charge in [-0.15, -0.1) is 0 Å². The number of amides is 1. The van der Waals surface area contributed by atoms with Gasteiger partial charge >= 0.3 is 0 Å². The Labute approximate surface area is 106 Å². The largest absolute Gasteiger partial charge is 0.383 e. The van der Waals surface area contributed by atoms with Crippen LogP contribution in [0.1, 0.15) is 22.8 Å². The molecule has 2 aromatic rings. The number of nitrogens with zero attached hydrogens (tertiary/aromatic N) is 1. The quantitative estimate of drug-likeness (QED) is 0.867. The molecular formula is C14H15N3O. The van der Waals surface area contributed by atoms with Crippen LogP contribution in [0.5, 0.6) is 0 Å². The highest BCUT2D eigenvalue weighted by molar-refractivity contribution is 6.07. The average Bonchev–Trinajstić information content (AvgIpc) is 2.39. The molecule has 4 heteroatoms. The predicted molar refractivity (Wildman–Crippen MR) is 72.4 cm³/mol. The second-order valence-electron chi connectivity index (χ2n) is 3.94. The third kappa shape index (κ3) is 2.66. The minimum atomic E-state index is -0.242. The van der Waals surface area contributed by atoms with Gasteiger partial charge in [0.2, 0.25) is 0 Å². The lowest BCUT2D eigenvalue weighted by atomic mass is 10.1. The van der Waals surface area contributed by atoms with Gasteiger partial charge in [-0.1, -0.05) is 19.1 Å². The van der Waals surface area contributed by atoms with E-state index >= 15 is 0 Å². The number of pyridine rings is 1. The first-order valence-electron chi connectivity index (χ1n) is 5.81. The van der Waals surface area contributed by atoms with Gasteiger partial charge in [0.1, 0.15) is 5.82 Å². The molecule has 0 radical (unpaired) electrons. The molecule has 3 N–H and O–H groups in total. The summed E-state index contributed by atoms with van der Waals surface area (Å²) < 4.78 is 0. The molecule has 0 bridgehead atoms. The molecule has 0 fully saturated rings. The smallest absolute Gasteiger partial charge is 0.259 e. The molecule has 18 heavy (non-hydrogen) atoms. The number of aromatic nitrogens is 1. The Morgan fingerprint density at radius 2 is 2.17 bits per heavy atom. The normalized spacial score (nSPS) is 10.1. The van der Waals surface area contributed by atoms with Crippen molar-refractivity contribution in [2.75, 3.05) is 11.1 Å². The number of benzene rings is 1. The van der Waals surface area contributed by atoms with E-state index in [4.69, 9.17) is 5.73 Å². The van der Waals surface area contributed by atoms with E-state index in [1.807, 2.05) is 24.3 Å². The number of hydrogen-bond acceptors (Lipinski definition) is 3. The van der Waals surface area contributed by atoms with Crippen molar-refractivity contribution in [1.82, 2.24) is 4.98 Å². The molecule has 4 nitrogen and oxygen atoms in total. The van der Waals surface area contributed by atoms with Crippen molar-refractivity contribution in [2.45, 2.75) is 13.3 Å². The zero-order chi connectivity index (χ0) is 13.0. The maximum atomic E-state index is 12.0. The fraction of sp³-hybridized carbons (Fsp3) is 0.143. The zero-order valence-electron chi connectivity index (χ0n) is 10.2. The molecule has 0 atom stereocenters. The lowest BCUT2D eigenvalue weighted by Gasteiger charge is -2.07. The van der Waals surface area contributed by atoms with E-state index < -0.39 is 0 Å². The summed E-state index contributed by atoms with van der Waals surface area (Å²) in [5, 5.41) is 2.81. The zero-order valence-corrected chi connectivity index (χ0v) is 10.2. The number of hydrogen-bond donors (Lipinski definition) is 2. The molecule has 2 rings (SSSR count). The molecule has 92 valence electrons. The second kappa shape index (κ2) is 5.31. The van der Waals surface area contributed by atoms with Crippen LogP contribution in [-0.4, -0.2) is 10.9 Å². The summed E-state index contributed by atoms with van der Waals surface area (Å²) in [6, 6.07) is 11.1. The van der Waals surface area contributed by atoms with Gasteiger partial charge in [-0.25, -0.2) is 4.98 Å². The molecule has 0 aliphatic rings. The summed E-state index contributed by atoms with van der Waals surface area (Å²) in [4.78, 5) is 15.9. The second-order valence-corrected chi connectivity index (χ2v) is 3.94. The lowest BCUT2D eigenvalue weighted by Crippen LogP contribution is -2.14. The predicted octanol–water partition coefficient (Wildman–Crippen LogP) is 2.48. The summed E-state index contributed by atoms with van der Waals surface area (Å²) in [7, 11) is 0. The summed E-state index contributed by atoms with van der Waals surface area (Å²) in [5.41, 5.74) is 7.99. The Hall–Kier alpha value is -2.36. The molecule has 0 saturated carbocycles. The number of rotatable bonds is 3. The van der Waals surface area contributed by atoms with E-state index in [9.17, 15) is 4.79 Å². The first kappa shape index (κ1) is 12.1. The molecule has 0 aliphatic carbocycles. The van der Waals surface area contributed by atoms with Crippen LogP contribution in [0.4, 0.5) is 11.5 Å². The number of nitrogens with one attached hydrogen (secondary N) is 1. The maximum Gasteiger partial charge on any atom is 0.259 e. The SMILES string of the molecule is CCc1cccc(NC(=O)c2cccnc2N)c1. The van der Waals surface area contributed by atoms with Crippen LogP contribution in [0.15, 0.2) is 42.6 Å². The molecule has 1 aromatic carbocycles. The van der Waals surface area contributed by atoms with Crippen molar-refractivity contribution >= 4 is 17.4 Å². The number of carbonyl (C=O) groups excluding carboxylic acids is 1. The average molecular weight is 241 g/mol. The van der Waals surface area contributed by atoms with Gasteiger partial charge in [-0.05, 0) is 36.2 Å². The fourth-order valence-corrected chi connectivity index (χ4v) is 1.68. The van der Waals surface area contributed by atoms with Gasteiger partial charge in [-0.2, -0.15) is 0 Å². The van der Waals surface area contributed by atoms with Crippen molar-refractivity contribution in [1.29, 1.82) is 0 Å². The van der Waals surface area contributed by atoms with Crippen LogP contribution in [0.2, 0.25) is 0 Å². The van der Waals surface area contributed by atoms with E-state index in [1.165, 1.54) is 5.56 Å². The molecule has 0 aliphatic heterocycles. The standard InChI is InChI=1S/C14H15N3O/c1-2-10-5-3-6-11(9-10)17-14(18)12-7-4-8-16-13(12)15/h3-9H,2H2,1H3,(H2,15,16)(H,17,18). The van der Waals surface area contributed by atoms with Crippen LogP contribution in [0.3, 0.4) is 0 Å². The Morgan fingerprint density at radius 1 is 1.33 bits per heavy atom. The van der Waals surface area contributed by atoms with E-state index in [0.717, 1.165) is 12.1 Å². The van der Waals surface area contributed by atoms with Crippen LogP contribution in [-0.2, 0) is 6.42 Å². The monoisotopic (exact) mass is 241 g/mol. The van der Waals surface area contributed by atoms with Gasteiger partial charge in [0.05, 0.1) is 5.56 Å². The van der Waals surface area contributed by atoms with Crippen LogP contribution in [0.25, 0.3) is 0 Å². The lowest BCUT2D eigenvalue weighted by molar-refractivity contribution is 0.102. The van der Waals surface area contributed by atoms with Crippen molar-refractivity contribution < 1.29 is 4.79 Å². The van der Waals surface area contributed by atoms with E-state index in [1.54, 1.807) is 18.3 Å². The Balaban J connectivity index is 2.19. The molecule has 1 aromatic heterocycles. The fourth-order valence-electron chi connectivity index (χ4n) is 1.68. The van der Waals surface area contributed by atoms with Crippen molar-refractivity contribution in [3.05, 3.63) is 53.7 Å². The first-order valence-corrected chi connectivity index (χ1v) is 5.81. The highest BCUT2D eigenvalue weighted by atomic mass is 16.1. The maximum absolute atomic E-state index is 12.0. The third-order valence-electron chi connectivity index (χ3n) is 2.68. The minimum Gasteiger partial charge on any atom is -0.383 e. The van der Waals surface area contributed by atoms with E-state index in [-0.39, 0.29) is 11.7 Å². The number of aryl methyl sites for hydroxylation is 1. The van der Waals surface area contributed by atoms with Gasteiger partial charge in [-0.3, -0.25) is 4.79 Å². The molecule has 0 saturated heterocycles. The summed E-state index contributed by atoms with van der Waals surface area (Å²) in [5.74, 6) is -0.00417. The van der Waals surface area contributed by atoms with Crippen molar-refractivity contribution in [3.63, 3.8) is 0 Å². The highest BCUT2D eigenvalue weighted by Gasteiger charge is 2.09. The number of nitrogens with two attached hydrogens (primary N) is 1. The summed E-state index contributed by atoms with van der Waals surface area (Å²) in [6.07, 6.45) is 2.49. The van der Waals surface area contributed by atoms with Gasteiger partial charge in [0.15, 0.2) is 0 Å². The molecular weight excluding hydrogens is 226 g/mol. The van der Waals surface area contributed by atoms with Crippen LogP contribution >= 0.6 is 0 Å². The Bertz CT molecular complexity index is 566. The topological polar surface area (TPSA) is 68.0 Å². The highest BCUT2D eigenvalue weighted by Crippen LogP contribution is 2.14. The number of carbonyl (C=O) groups is 1. The number of nitrogen functional groups attached to an aromatic ring is 1. The van der Waals surface area contributed by atoms with Gasteiger partial charge in [0, 0.05) is 11.9 Å². The summed E-state index contributed by atoms with van der Waals surface area (Å²) in [6.45, 7) is 2.07. The van der Waals surface area contributed by atoms with Gasteiger partial charge < -0.3 is 11.1 Å². The van der Waals surface area contributed by atoms with Crippen molar-refractivity contribution in [3.8, 4) is 0 Å². The van der Waals surface area contributed by atoms with Crippen LogP contribution < -0.4 is 11.1 Å². The van der Waals surface area contributed by atoms with Gasteiger partial charge in [0.25, 0.3) is 5.91 Å².